The third kappa shape index (κ3) is 5.34. The summed E-state index contributed by atoms with van der Waals surface area (Å²) in [6.07, 6.45) is 6.25. The first-order chi connectivity index (χ1) is 16.9. The maximum Gasteiger partial charge on any atom is 0.306 e. The number of fused-ring (bicyclic) bond motifs is 1. The van der Waals surface area contributed by atoms with Crippen LogP contribution in [0.4, 0.5) is 0 Å². The highest BCUT2D eigenvalue weighted by atomic mass is 16.5. The van der Waals surface area contributed by atoms with Crippen molar-refractivity contribution in [2.75, 3.05) is 20.8 Å². The second-order valence-corrected chi connectivity index (χ2v) is 9.03. The van der Waals surface area contributed by atoms with Crippen molar-refractivity contribution in [3.8, 4) is 22.6 Å². The normalized spacial score (nSPS) is 18.3. The zero-order valence-corrected chi connectivity index (χ0v) is 20.3. The second-order valence-electron chi connectivity index (χ2n) is 9.03. The number of furan rings is 1. The van der Waals surface area contributed by atoms with E-state index in [-0.39, 0.29) is 11.8 Å². The minimum absolute atomic E-state index is 0.179. The van der Waals surface area contributed by atoms with E-state index in [1.54, 1.807) is 26.6 Å². The summed E-state index contributed by atoms with van der Waals surface area (Å²) >= 11 is 0. The average molecular weight is 478 g/mol. The molecule has 1 saturated carbocycles. The number of hydrogen-bond acceptors (Lipinski definition) is 5. The maximum absolute atomic E-state index is 12.7. The Morgan fingerprint density at radius 3 is 2.46 bits per heavy atom. The van der Waals surface area contributed by atoms with Gasteiger partial charge >= 0.3 is 5.97 Å². The van der Waals surface area contributed by atoms with Crippen LogP contribution in [0.25, 0.3) is 27.7 Å². The summed E-state index contributed by atoms with van der Waals surface area (Å²) in [5, 5.41) is 13.0. The standard InChI is InChI=1S/C28H31NO6/c1-17(12-27(30)29-15-18-8-10-19(11-9-18)28(31)32)21-13-22-23(16-35-26(22)14-25(21)34-3)20-6-4-5-7-24(20)33-2/h4-7,12-14,16,18-19H,8-11,15H2,1-3H3,(H,29,30)(H,31,32)/b17-12+. The van der Waals surface area contributed by atoms with E-state index in [0.717, 1.165) is 46.2 Å². The molecule has 7 heteroatoms. The summed E-state index contributed by atoms with van der Waals surface area (Å²) < 4.78 is 16.9. The SMILES string of the molecule is COc1cc2occ(-c3ccccc3OC)c2cc1/C(C)=C/C(=O)NCC1CCC(C(=O)O)CC1. The number of carboxylic acid groups (broad SMARTS) is 1. The highest BCUT2D eigenvalue weighted by molar-refractivity contribution is 6.01. The van der Waals surface area contributed by atoms with Gasteiger partial charge in [-0.25, -0.2) is 0 Å². The van der Waals surface area contributed by atoms with Crippen LogP contribution >= 0.6 is 0 Å². The Balaban J connectivity index is 1.54. The third-order valence-corrected chi connectivity index (χ3v) is 6.83. The Bertz CT molecular complexity index is 1250. The fourth-order valence-electron chi connectivity index (χ4n) is 4.79. The molecule has 0 radical (unpaired) electrons. The predicted octanol–water partition coefficient (Wildman–Crippen LogP) is 5.53. The van der Waals surface area contributed by atoms with Crippen molar-refractivity contribution in [1.29, 1.82) is 0 Å². The summed E-state index contributed by atoms with van der Waals surface area (Å²) in [5.74, 6) is 0.521. The lowest BCUT2D eigenvalue weighted by Crippen LogP contribution is -2.31. The van der Waals surface area contributed by atoms with Gasteiger partial charge in [-0.05, 0) is 56.2 Å². The smallest absolute Gasteiger partial charge is 0.306 e. The molecular weight excluding hydrogens is 446 g/mol. The Hall–Kier alpha value is -3.74. The van der Waals surface area contributed by atoms with E-state index in [0.29, 0.717) is 36.6 Å². The molecule has 1 aliphatic rings. The van der Waals surface area contributed by atoms with Crippen molar-refractivity contribution in [2.45, 2.75) is 32.6 Å². The van der Waals surface area contributed by atoms with Crippen molar-refractivity contribution in [3.05, 3.63) is 54.3 Å². The number of ether oxygens (including phenoxy) is 2. The first-order valence-electron chi connectivity index (χ1n) is 11.8. The van der Waals surface area contributed by atoms with Crippen LogP contribution < -0.4 is 14.8 Å². The number of nitrogens with one attached hydrogen (secondary N) is 1. The van der Waals surface area contributed by atoms with Crippen LogP contribution in [-0.2, 0) is 9.59 Å². The number of allylic oxidation sites excluding steroid dienone is 1. The predicted molar refractivity (Wildman–Crippen MR) is 134 cm³/mol. The van der Waals surface area contributed by atoms with Gasteiger partial charge < -0.3 is 24.3 Å². The number of aliphatic carboxylic acids is 1. The third-order valence-electron chi connectivity index (χ3n) is 6.83. The number of hydrogen-bond donors (Lipinski definition) is 2. The fraction of sp³-hybridized carbons (Fsp3) is 0.357. The molecule has 184 valence electrons. The fourth-order valence-corrected chi connectivity index (χ4v) is 4.79. The van der Waals surface area contributed by atoms with Crippen LogP contribution in [0, 0.1) is 11.8 Å². The van der Waals surface area contributed by atoms with Gasteiger partial charge in [0.15, 0.2) is 0 Å². The van der Waals surface area contributed by atoms with Gasteiger partial charge in [-0.2, -0.15) is 0 Å². The van der Waals surface area contributed by atoms with E-state index >= 15 is 0 Å². The van der Waals surface area contributed by atoms with E-state index in [1.807, 2.05) is 43.3 Å². The summed E-state index contributed by atoms with van der Waals surface area (Å²) in [5.41, 5.74) is 4.07. The number of para-hydroxylation sites is 1. The molecule has 3 aromatic rings. The van der Waals surface area contributed by atoms with E-state index in [1.165, 1.54) is 0 Å². The molecule has 0 saturated heterocycles. The molecule has 1 heterocycles. The number of carbonyl (C=O) groups is 2. The Morgan fingerprint density at radius 1 is 1.06 bits per heavy atom. The molecule has 0 spiro atoms. The van der Waals surface area contributed by atoms with Gasteiger partial charge in [-0.3, -0.25) is 9.59 Å². The molecule has 0 bridgehead atoms. The molecule has 1 amide bonds. The largest absolute Gasteiger partial charge is 0.496 e. The van der Waals surface area contributed by atoms with Crippen LogP contribution in [0.3, 0.4) is 0 Å². The van der Waals surface area contributed by atoms with Crippen LogP contribution in [-0.4, -0.2) is 37.7 Å². The molecule has 0 aliphatic heterocycles. The lowest BCUT2D eigenvalue weighted by atomic mass is 9.82. The quantitative estimate of drug-likeness (QED) is 0.414. The Morgan fingerprint density at radius 2 is 1.77 bits per heavy atom. The van der Waals surface area contributed by atoms with Gasteiger partial charge in [0.2, 0.25) is 5.91 Å². The molecule has 2 N–H and O–H groups in total. The number of rotatable bonds is 8. The zero-order chi connectivity index (χ0) is 24.9. The molecule has 0 atom stereocenters. The van der Waals surface area contributed by atoms with Gasteiger partial charge in [-0.1, -0.05) is 18.2 Å². The summed E-state index contributed by atoms with van der Waals surface area (Å²) in [6, 6.07) is 11.6. The molecule has 0 unspecified atom stereocenters. The second kappa shape index (κ2) is 10.7. The molecule has 1 aliphatic carbocycles. The van der Waals surface area contributed by atoms with Crippen molar-refractivity contribution >= 4 is 28.4 Å². The molecule has 35 heavy (non-hydrogen) atoms. The molecule has 1 aromatic heterocycles. The maximum atomic E-state index is 12.7. The summed E-state index contributed by atoms with van der Waals surface area (Å²) in [7, 11) is 3.23. The zero-order valence-electron chi connectivity index (χ0n) is 20.3. The first kappa shape index (κ1) is 24.4. The average Bonchev–Trinajstić information content (AvgIpc) is 3.29. The number of carboxylic acids is 1. The van der Waals surface area contributed by atoms with Gasteiger partial charge in [0.1, 0.15) is 17.1 Å². The monoisotopic (exact) mass is 477 g/mol. The van der Waals surface area contributed by atoms with E-state index in [9.17, 15) is 9.59 Å². The number of amides is 1. The van der Waals surface area contributed by atoms with Crippen LogP contribution in [0.15, 0.2) is 53.2 Å². The number of methoxy groups -OCH3 is 2. The number of carbonyl (C=O) groups excluding carboxylic acids is 1. The Labute approximate surface area is 204 Å². The van der Waals surface area contributed by atoms with Crippen LogP contribution in [0.2, 0.25) is 0 Å². The van der Waals surface area contributed by atoms with Crippen LogP contribution in [0.5, 0.6) is 11.5 Å². The highest BCUT2D eigenvalue weighted by Gasteiger charge is 2.26. The van der Waals surface area contributed by atoms with Crippen molar-refractivity contribution in [3.63, 3.8) is 0 Å². The van der Waals surface area contributed by atoms with Gasteiger partial charge in [0, 0.05) is 40.8 Å². The Kier molecular flexibility index (Phi) is 7.44. The minimum atomic E-state index is -0.719. The van der Waals surface area contributed by atoms with E-state index in [4.69, 9.17) is 19.0 Å². The summed E-state index contributed by atoms with van der Waals surface area (Å²) in [4.78, 5) is 23.8. The molecule has 1 fully saturated rings. The van der Waals surface area contributed by atoms with E-state index < -0.39 is 5.97 Å². The number of benzene rings is 2. The van der Waals surface area contributed by atoms with Crippen LogP contribution in [0.1, 0.15) is 38.2 Å². The molecule has 7 nitrogen and oxygen atoms in total. The van der Waals surface area contributed by atoms with E-state index in [2.05, 4.69) is 5.32 Å². The van der Waals surface area contributed by atoms with Gasteiger partial charge in [0.05, 0.1) is 26.4 Å². The molecule has 2 aromatic carbocycles. The highest BCUT2D eigenvalue weighted by Crippen LogP contribution is 2.40. The molecular formula is C28H31NO6. The first-order valence-corrected chi connectivity index (χ1v) is 11.8. The van der Waals surface area contributed by atoms with Gasteiger partial charge in [-0.15, -0.1) is 0 Å². The van der Waals surface area contributed by atoms with Gasteiger partial charge in [0.25, 0.3) is 0 Å². The van der Waals surface area contributed by atoms with Crippen molar-refractivity contribution in [1.82, 2.24) is 5.32 Å². The topological polar surface area (TPSA) is 98.0 Å². The lowest BCUT2D eigenvalue weighted by Gasteiger charge is -2.26. The van der Waals surface area contributed by atoms with Crippen molar-refractivity contribution < 1.29 is 28.6 Å². The lowest BCUT2D eigenvalue weighted by molar-refractivity contribution is -0.143. The summed E-state index contributed by atoms with van der Waals surface area (Å²) in [6.45, 7) is 2.43. The molecule has 4 rings (SSSR count). The van der Waals surface area contributed by atoms with Crippen molar-refractivity contribution in [2.24, 2.45) is 11.8 Å². The minimum Gasteiger partial charge on any atom is -0.496 e.